The molecule has 7 heteroatoms. The number of anilines is 1. The number of carbonyl (C=O) groups is 2. The van der Waals surface area contributed by atoms with E-state index in [0.717, 1.165) is 10.0 Å². The van der Waals surface area contributed by atoms with Crippen molar-refractivity contribution in [2.45, 2.75) is 13.5 Å². The van der Waals surface area contributed by atoms with Crippen molar-refractivity contribution in [1.82, 2.24) is 5.32 Å². The van der Waals surface area contributed by atoms with E-state index in [9.17, 15) is 9.59 Å². The maximum atomic E-state index is 11.9. The van der Waals surface area contributed by atoms with Crippen LogP contribution in [0.15, 0.2) is 53.0 Å². The summed E-state index contributed by atoms with van der Waals surface area (Å²) in [5.41, 5.74) is 1.56. The number of urea groups is 1. The first-order valence-corrected chi connectivity index (χ1v) is 8.10. The van der Waals surface area contributed by atoms with Gasteiger partial charge in [0, 0.05) is 16.7 Å². The summed E-state index contributed by atoms with van der Waals surface area (Å²) >= 11 is 3.43. The van der Waals surface area contributed by atoms with Gasteiger partial charge >= 0.3 is 12.2 Å². The molecule has 2 amide bonds. The molecule has 0 atom stereocenters. The highest BCUT2D eigenvalue weighted by atomic mass is 79.9. The van der Waals surface area contributed by atoms with Crippen LogP contribution in [0.1, 0.15) is 12.5 Å². The summed E-state index contributed by atoms with van der Waals surface area (Å²) in [6.45, 7) is 2.34. The van der Waals surface area contributed by atoms with E-state index in [1.54, 1.807) is 31.2 Å². The second kappa shape index (κ2) is 8.93. The van der Waals surface area contributed by atoms with Crippen LogP contribution >= 0.6 is 15.9 Å². The van der Waals surface area contributed by atoms with Crippen molar-refractivity contribution in [2.24, 2.45) is 0 Å². The molecule has 24 heavy (non-hydrogen) atoms. The highest BCUT2D eigenvalue weighted by Gasteiger charge is 2.06. The van der Waals surface area contributed by atoms with Gasteiger partial charge in [0.25, 0.3) is 0 Å². The molecule has 2 aromatic rings. The molecule has 0 fully saturated rings. The second-order valence-electron chi connectivity index (χ2n) is 4.71. The van der Waals surface area contributed by atoms with Gasteiger partial charge in [-0.3, -0.25) is 0 Å². The predicted octanol–water partition coefficient (Wildman–Crippen LogP) is 4.31. The van der Waals surface area contributed by atoms with Crippen molar-refractivity contribution in [2.75, 3.05) is 11.9 Å². The Morgan fingerprint density at radius 2 is 1.79 bits per heavy atom. The molecule has 0 aromatic heterocycles. The van der Waals surface area contributed by atoms with Gasteiger partial charge in [0.05, 0.1) is 6.61 Å². The molecule has 6 nitrogen and oxygen atoms in total. The lowest BCUT2D eigenvalue weighted by Crippen LogP contribution is -2.28. The summed E-state index contributed by atoms with van der Waals surface area (Å²) in [5, 5.41) is 5.47. The molecular formula is C17H17BrN2O4. The maximum Gasteiger partial charge on any atom is 0.513 e. The Morgan fingerprint density at radius 1 is 1.08 bits per heavy atom. The molecule has 0 bridgehead atoms. The van der Waals surface area contributed by atoms with Crippen LogP contribution in [-0.2, 0) is 11.3 Å². The molecule has 0 heterocycles. The summed E-state index contributed by atoms with van der Waals surface area (Å²) < 4.78 is 10.6. The Hall–Kier alpha value is -2.54. The molecule has 0 radical (unpaired) electrons. The lowest BCUT2D eigenvalue weighted by Gasteiger charge is -2.09. The largest absolute Gasteiger partial charge is 0.513 e. The van der Waals surface area contributed by atoms with Gasteiger partial charge in [-0.05, 0) is 42.8 Å². The average molecular weight is 393 g/mol. The fraction of sp³-hybridized carbons (Fsp3) is 0.176. The van der Waals surface area contributed by atoms with Crippen LogP contribution in [0.5, 0.6) is 5.75 Å². The van der Waals surface area contributed by atoms with Gasteiger partial charge in [-0.25, -0.2) is 9.59 Å². The Bertz CT molecular complexity index is 704. The molecule has 0 aliphatic rings. The summed E-state index contributed by atoms with van der Waals surface area (Å²) in [4.78, 5) is 23.1. The summed E-state index contributed by atoms with van der Waals surface area (Å²) in [5.74, 6) is 0.340. The molecule has 0 aliphatic carbocycles. The standard InChI is InChI=1S/C17H17BrN2O4/c1-2-23-17(22)24-14-9-7-13(8-10-14)20-16(21)19-11-12-5-3-4-6-15(12)18/h3-10H,2,11H2,1H3,(H2,19,20,21). The Balaban J connectivity index is 1.83. The number of nitrogens with one attached hydrogen (secondary N) is 2. The molecule has 126 valence electrons. The van der Waals surface area contributed by atoms with Crippen LogP contribution in [0.4, 0.5) is 15.3 Å². The zero-order valence-electron chi connectivity index (χ0n) is 13.0. The van der Waals surface area contributed by atoms with Crippen LogP contribution < -0.4 is 15.4 Å². The van der Waals surface area contributed by atoms with Crippen molar-refractivity contribution >= 4 is 33.8 Å². The minimum atomic E-state index is -0.760. The first-order valence-electron chi connectivity index (χ1n) is 7.31. The molecular weight excluding hydrogens is 376 g/mol. The van der Waals surface area contributed by atoms with E-state index in [-0.39, 0.29) is 12.6 Å². The number of amides is 2. The molecule has 0 saturated heterocycles. The topological polar surface area (TPSA) is 76.7 Å². The maximum absolute atomic E-state index is 11.9. The lowest BCUT2D eigenvalue weighted by molar-refractivity contribution is 0.104. The fourth-order valence-electron chi connectivity index (χ4n) is 1.84. The lowest BCUT2D eigenvalue weighted by atomic mass is 10.2. The number of hydrogen-bond acceptors (Lipinski definition) is 4. The number of hydrogen-bond donors (Lipinski definition) is 2. The van der Waals surface area contributed by atoms with Crippen LogP contribution in [0, 0.1) is 0 Å². The minimum absolute atomic E-state index is 0.246. The van der Waals surface area contributed by atoms with E-state index in [0.29, 0.717) is 18.0 Å². The van der Waals surface area contributed by atoms with E-state index in [1.807, 2.05) is 24.3 Å². The van der Waals surface area contributed by atoms with Gasteiger partial charge in [0.2, 0.25) is 0 Å². The predicted molar refractivity (Wildman–Crippen MR) is 94.1 cm³/mol. The fourth-order valence-corrected chi connectivity index (χ4v) is 2.27. The van der Waals surface area contributed by atoms with Crippen molar-refractivity contribution in [1.29, 1.82) is 0 Å². The van der Waals surface area contributed by atoms with Crippen molar-refractivity contribution in [3.63, 3.8) is 0 Å². The van der Waals surface area contributed by atoms with Crippen LogP contribution in [-0.4, -0.2) is 18.8 Å². The summed E-state index contributed by atoms with van der Waals surface area (Å²) in [7, 11) is 0. The molecule has 2 aromatic carbocycles. The van der Waals surface area contributed by atoms with Crippen LogP contribution in [0.2, 0.25) is 0 Å². The zero-order valence-corrected chi connectivity index (χ0v) is 14.6. The SMILES string of the molecule is CCOC(=O)Oc1ccc(NC(=O)NCc2ccccc2Br)cc1. The normalized spacial score (nSPS) is 9.92. The van der Waals surface area contributed by atoms with E-state index in [1.165, 1.54) is 0 Å². The van der Waals surface area contributed by atoms with E-state index in [2.05, 4.69) is 31.3 Å². The summed E-state index contributed by atoms with van der Waals surface area (Å²) in [6.07, 6.45) is -0.760. The van der Waals surface area contributed by atoms with Crippen LogP contribution in [0.25, 0.3) is 0 Å². The first-order chi connectivity index (χ1) is 11.6. The number of carbonyl (C=O) groups excluding carboxylic acids is 2. The number of ether oxygens (including phenoxy) is 2. The Labute approximate surface area is 148 Å². The molecule has 0 unspecified atom stereocenters. The first kappa shape index (κ1) is 17.8. The van der Waals surface area contributed by atoms with Gasteiger partial charge in [-0.15, -0.1) is 0 Å². The van der Waals surface area contributed by atoms with Gasteiger partial charge in [0.1, 0.15) is 5.75 Å². The average Bonchev–Trinajstić information content (AvgIpc) is 2.56. The Kier molecular flexibility index (Phi) is 6.62. The van der Waals surface area contributed by atoms with E-state index >= 15 is 0 Å². The number of rotatable bonds is 5. The third kappa shape index (κ3) is 5.58. The molecule has 0 spiro atoms. The highest BCUT2D eigenvalue weighted by molar-refractivity contribution is 9.10. The quantitative estimate of drug-likeness (QED) is 0.587. The smallest absolute Gasteiger partial charge is 0.434 e. The Morgan fingerprint density at radius 3 is 2.46 bits per heavy atom. The minimum Gasteiger partial charge on any atom is -0.434 e. The molecule has 0 saturated carbocycles. The van der Waals surface area contributed by atoms with Gasteiger partial charge < -0.3 is 20.1 Å². The third-order valence-electron chi connectivity index (χ3n) is 2.97. The van der Waals surface area contributed by atoms with Crippen molar-refractivity contribution < 1.29 is 19.1 Å². The van der Waals surface area contributed by atoms with E-state index in [4.69, 9.17) is 4.74 Å². The van der Waals surface area contributed by atoms with Gasteiger partial charge in [0.15, 0.2) is 0 Å². The monoisotopic (exact) mass is 392 g/mol. The van der Waals surface area contributed by atoms with Gasteiger partial charge in [-0.2, -0.15) is 0 Å². The van der Waals surface area contributed by atoms with Gasteiger partial charge in [-0.1, -0.05) is 34.1 Å². The third-order valence-corrected chi connectivity index (χ3v) is 3.75. The highest BCUT2D eigenvalue weighted by Crippen LogP contribution is 2.17. The van der Waals surface area contributed by atoms with Crippen LogP contribution in [0.3, 0.4) is 0 Å². The molecule has 2 N–H and O–H groups in total. The van der Waals surface area contributed by atoms with Crippen molar-refractivity contribution in [3.05, 3.63) is 58.6 Å². The number of halogens is 1. The molecule has 0 aliphatic heterocycles. The van der Waals surface area contributed by atoms with E-state index < -0.39 is 6.16 Å². The molecule has 2 rings (SSSR count). The zero-order chi connectivity index (χ0) is 17.4. The van der Waals surface area contributed by atoms with Crippen molar-refractivity contribution in [3.8, 4) is 5.75 Å². The second-order valence-corrected chi connectivity index (χ2v) is 5.56. The summed E-state index contributed by atoms with van der Waals surface area (Å²) in [6, 6.07) is 13.7. The number of benzene rings is 2.